The summed E-state index contributed by atoms with van der Waals surface area (Å²) in [4.78, 5) is 19.0. The number of nitrogens with zero attached hydrogens (tertiary/aromatic N) is 3. The predicted octanol–water partition coefficient (Wildman–Crippen LogP) is 2.14. The molecule has 102 valence electrons. The molecule has 2 heterocycles. The summed E-state index contributed by atoms with van der Waals surface area (Å²) in [6.07, 6.45) is 2.07. The van der Waals surface area contributed by atoms with Crippen LogP contribution < -0.4 is 5.56 Å². The smallest absolute Gasteiger partial charge is 0.255 e. The maximum absolute atomic E-state index is 11.8. The Hall–Kier alpha value is -1.91. The van der Waals surface area contributed by atoms with Crippen molar-refractivity contribution in [2.24, 2.45) is 0 Å². The average Bonchev–Trinajstić information content (AvgIpc) is 2.64. The zero-order valence-electron chi connectivity index (χ0n) is 12.2. The Morgan fingerprint density at radius 1 is 1.16 bits per heavy atom. The molecule has 0 fully saturated rings. The average molecular weight is 260 g/mol. The number of nitrogens with one attached hydrogen (secondary N) is 1. The van der Waals surface area contributed by atoms with E-state index in [-0.39, 0.29) is 5.56 Å². The van der Waals surface area contributed by atoms with Gasteiger partial charge < -0.3 is 0 Å². The minimum Gasteiger partial charge on any atom is -0.291 e. The molecule has 0 saturated heterocycles. The van der Waals surface area contributed by atoms with Crippen molar-refractivity contribution in [3.8, 4) is 5.95 Å². The Labute approximate surface area is 112 Å². The van der Waals surface area contributed by atoms with E-state index in [1.54, 1.807) is 11.6 Å². The van der Waals surface area contributed by atoms with Gasteiger partial charge in [-0.25, -0.2) is 9.67 Å². The van der Waals surface area contributed by atoms with Gasteiger partial charge in [0.05, 0.1) is 5.69 Å². The van der Waals surface area contributed by atoms with Crippen molar-refractivity contribution in [3.63, 3.8) is 0 Å². The van der Waals surface area contributed by atoms with Gasteiger partial charge in [0.15, 0.2) is 0 Å². The molecule has 2 rings (SSSR count). The van der Waals surface area contributed by atoms with E-state index in [1.807, 2.05) is 20.8 Å². The van der Waals surface area contributed by atoms with Gasteiger partial charge in [0.1, 0.15) is 0 Å². The minimum atomic E-state index is -0.105. The maximum atomic E-state index is 11.8. The molecule has 0 aliphatic rings. The van der Waals surface area contributed by atoms with Crippen molar-refractivity contribution in [1.82, 2.24) is 19.7 Å². The van der Waals surface area contributed by atoms with E-state index in [2.05, 4.69) is 22.0 Å². The van der Waals surface area contributed by atoms with Crippen LogP contribution in [0.25, 0.3) is 5.95 Å². The van der Waals surface area contributed by atoms with Gasteiger partial charge in [-0.15, -0.1) is 0 Å². The van der Waals surface area contributed by atoms with Crippen molar-refractivity contribution < 1.29 is 0 Å². The van der Waals surface area contributed by atoms with E-state index in [0.717, 1.165) is 29.9 Å². The molecule has 0 aromatic carbocycles. The highest BCUT2D eigenvalue weighted by molar-refractivity contribution is 5.30. The summed E-state index contributed by atoms with van der Waals surface area (Å²) in [5, 5.41) is 4.49. The zero-order valence-corrected chi connectivity index (χ0v) is 12.2. The number of H-pyrrole nitrogens is 1. The normalized spacial score (nSPS) is 11.0. The summed E-state index contributed by atoms with van der Waals surface area (Å²) >= 11 is 0. The summed E-state index contributed by atoms with van der Waals surface area (Å²) in [5.41, 5.74) is 4.57. The Kier molecular flexibility index (Phi) is 3.55. The van der Waals surface area contributed by atoms with Gasteiger partial charge in [-0.05, 0) is 39.7 Å². The van der Waals surface area contributed by atoms with Gasteiger partial charge in [-0.1, -0.05) is 13.3 Å². The number of aromatic amines is 1. The lowest BCUT2D eigenvalue weighted by atomic mass is 10.1. The van der Waals surface area contributed by atoms with Crippen LogP contribution in [0.5, 0.6) is 0 Å². The van der Waals surface area contributed by atoms with Crippen LogP contribution in [-0.2, 0) is 6.42 Å². The molecule has 5 heteroatoms. The van der Waals surface area contributed by atoms with Crippen LogP contribution in [0.1, 0.15) is 41.6 Å². The van der Waals surface area contributed by atoms with Crippen LogP contribution in [0, 0.1) is 27.7 Å². The lowest BCUT2D eigenvalue weighted by Crippen LogP contribution is -2.18. The molecule has 19 heavy (non-hydrogen) atoms. The fourth-order valence-corrected chi connectivity index (χ4v) is 2.22. The summed E-state index contributed by atoms with van der Waals surface area (Å²) in [7, 11) is 0. The molecule has 1 N–H and O–H groups in total. The van der Waals surface area contributed by atoms with Crippen molar-refractivity contribution in [2.45, 2.75) is 47.5 Å². The van der Waals surface area contributed by atoms with Crippen molar-refractivity contribution in [2.75, 3.05) is 0 Å². The Bertz CT molecular complexity index is 667. The highest BCUT2D eigenvalue weighted by Gasteiger charge is 2.14. The third-order valence-corrected chi connectivity index (χ3v) is 3.52. The second kappa shape index (κ2) is 4.99. The Morgan fingerprint density at radius 3 is 2.42 bits per heavy atom. The molecular formula is C14H20N4O. The second-order valence-corrected chi connectivity index (χ2v) is 4.91. The highest BCUT2D eigenvalue weighted by atomic mass is 16.1. The summed E-state index contributed by atoms with van der Waals surface area (Å²) in [5.74, 6) is 0.496. The Morgan fingerprint density at radius 2 is 1.84 bits per heavy atom. The van der Waals surface area contributed by atoms with E-state index in [0.29, 0.717) is 11.5 Å². The maximum Gasteiger partial charge on any atom is 0.255 e. The first-order valence-corrected chi connectivity index (χ1v) is 6.58. The van der Waals surface area contributed by atoms with Gasteiger partial charge >= 0.3 is 0 Å². The molecule has 5 nitrogen and oxygen atoms in total. The van der Waals surface area contributed by atoms with Gasteiger partial charge in [0.2, 0.25) is 5.95 Å². The molecule has 0 unspecified atom stereocenters. The van der Waals surface area contributed by atoms with Crippen LogP contribution in [0.15, 0.2) is 4.79 Å². The largest absolute Gasteiger partial charge is 0.291 e. The monoisotopic (exact) mass is 260 g/mol. The molecule has 0 atom stereocenters. The van der Waals surface area contributed by atoms with E-state index >= 15 is 0 Å². The molecule has 2 aromatic heterocycles. The summed E-state index contributed by atoms with van der Waals surface area (Å²) in [6.45, 7) is 9.77. The van der Waals surface area contributed by atoms with Crippen molar-refractivity contribution >= 4 is 0 Å². The molecule has 0 amide bonds. The first-order chi connectivity index (χ1) is 8.95. The summed E-state index contributed by atoms with van der Waals surface area (Å²) in [6, 6.07) is 0. The van der Waals surface area contributed by atoms with Crippen LogP contribution in [-0.4, -0.2) is 19.7 Å². The van der Waals surface area contributed by atoms with E-state index in [4.69, 9.17) is 0 Å². The number of aryl methyl sites for hydroxylation is 2. The topological polar surface area (TPSA) is 63.6 Å². The standard InChI is InChI=1S/C14H20N4O/c1-6-7-12-10(4)17-18(11(12)5)14-15-9(3)8(2)13(19)16-14/h6-7H2,1-5H3,(H,15,16,19). The molecular weight excluding hydrogens is 240 g/mol. The molecule has 0 aliphatic carbocycles. The number of hydrogen-bond donors (Lipinski definition) is 1. The first kappa shape index (κ1) is 13.5. The zero-order chi connectivity index (χ0) is 14.2. The van der Waals surface area contributed by atoms with Gasteiger partial charge in [0, 0.05) is 17.0 Å². The van der Waals surface area contributed by atoms with Gasteiger partial charge in [-0.2, -0.15) is 5.10 Å². The van der Waals surface area contributed by atoms with Crippen molar-refractivity contribution in [1.29, 1.82) is 0 Å². The predicted molar refractivity (Wildman–Crippen MR) is 74.9 cm³/mol. The highest BCUT2D eigenvalue weighted by Crippen LogP contribution is 2.17. The van der Waals surface area contributed by atoms with E-state index in [1.165, 1.54) is 5.56 Å². The van der Waals surface area contributed by atoms with Crippen LogP contribution in [0.4, 0.5) is 0 Å². The molecule has 0 saturated carbocycles. The van der Waals surface area contributed by atoms with E-state index in [9.17, 15) is 4.79 Å². The van der Waals surface area contributed by atoms with Gasteiger partial charge in [-0.3, -0.25) is 9.78 Å². The van der Waals surface area contributed by atoms with E-state index < -0.39 is 0 Å². The number of aromatic nitrogens is 4. The van der Waals surface area contributed by atoms with Gasteiger partial charge in [0.25, 0.3) is 5.56 Å². The number of rotatable bonds is 3. The lowest BCUT2D eigenvalue weighted by Gasteiger charge is -2.06. The molecule has 2 aromatic rings. The Balaban J connectivity index is 2.60. The first-order valence-electron chi connectivity index (χ1n) is 6.58. The molecule has 0 radical (unpaired) electrons. The molecule has 0 bridgehead atoms. The third kappa shape index (κ3) is 2.32. The fraction of sp³-hybridized carbons (Fsp3) is 0.500. The SMILES string of the molecule is CCCc1c(C)nn(-c2nc(C)c(C)c(=O)[nH]2)c1C. The lowest BCUT2D eigenvalue weighted by molar-refractivity contribution is 0.757. The van der Waals surface area contributed by atoms with Crippen LogP contribution >= 0.6 is 0 Å². The summed E-state index contributed by atoms with van der Waals surface area (Å²) < 4.78 is 1.73. The van der Waals surface area contributed by atoms with Crippen LogP contribution in [0.3, 0.4) is 0 Å². The minimum absolute atomic E-state index is 0.105. The van der Waals surface area contributed by atoms with Crippen molar-refractivity contribution in [3.05, 3.63) is 38.6 Å². The molecule has 0 spiro atoms. The second-order valence-electron chi connectivity index (χ2n) is 4.91. The molecule has 0 aliphatic heterocycles. The van der Waals surface area contributed by atoms with Crippen LogP contribution in [0.2, 0.25) is 0 Å². The number of hydrogen-bond acceptors (Lipinski definition) is 3. The third-order valence-electron chi connectivity index (χ3n) is 3.52. The quantitative estimate of drug-likeness (QED) is 0.919. The fourth-order valence-electron chi connectivity index (χ4n) is 2.22.